The number of thiophene rings is 1. The van der Waals surface area contributed by atoms with Crippen molar-refractivity contribution in [2.75, 3.05) is 4.72 Å². The molecule has 1 N–H and O–H groups in total. The molecule has 0 bridgehead atoms. The van der Waals surface area contributed by atoms with Gasteiger partial charge in [0.2, 0.25) is 0 Å². The molecule has 1 aromatic carbocycles. The van der Waals surface area contributed by atoms with Crippen molar-refractivity contribution < 1.29 is 8.42 Å². The maximum absolute atomic E-state index is 12.1. The molecule has 1 heterocycles. The van der Waals surface area contributed by atoms with Gasteiger partial charge in [-0.2, -0.15) is 0 Å². The fraction of sp³-hybridized carbons (Fsp3) is 0.0909. The largest absolute Gasteiger partial charge is 0.279 e. The van der Waals surface area contributed by atoms with Crippen molar-refractivity contribution in [2.45, 2.75) is 11.1 Å². The molecule has 0 aliphatic heterocycles. The average Bonchev–Trinajstić information content (AvgIpc) is 2.63. The summed E-state index contributed by atoms with van der Waals surface area (Å²) in [5, 5.41) is 0.563. The van der Waals surface area contributed by atoms with Crippen molar-refractivity contribution in [1.29, 1.82) is 0 Å². The number of hydrogen-bond acceptors (Lipinski definition) is 3. The third-order valence-electron chi connectivity index (χ3n) is 2.20. The molecule has 0 radical (unpaired) electrons. The Bertz CT molecular complexity index is 645. The van der Waals surface area contributed by atoms with Gasteiger partial charge in [0.25, 0.3) is 10.0 Å². The van der Waals surface area contributed by atoms with Crippen LogP contribution in [0.5, 0.6) is 0 Å². The SMILES string of the molecule is Cc1cc(S(=O)(=O)Nc2ccc(Cl)cc2)sc1Br. The highest BCUT2D eigenvalue weighted by Crippen LogP contribution is 2.31. The van der Waals surface area contributed by atoms with Crippen LogP contribution in [0.1, 0.15) is 5.56 Å². The second-order valence-electron chi connectivity index (χ2n) is 3.63. The van der Waals surface area contributed by atoms with Crippen LogP contribution in [-0.2, 0) is 10.0 Å². The van der Waals surface area contributed by atoms with E-state index in [0.717, 1.165) is 9.35 Å². The number of rotatable bonds is 3. The summed E-state index contributed by atoms with van der Waals surface area (Å²) in [5.41, 5.74) is 1.39. The molecule has 0 saturated heterocycles. The quantitative estimate of drug-likeness (QED) is 0.881. The maximum atomic E-state index is 12.1. The van der Waals surface area contributed by atoms with Gasteiger partial charge in [-0.1, -0.05) is 11.6 Å². The molecule has 0 atom stereocenters. The molecule has 7 heteroatoms. The second-order valence-corrected chi connectivity index (χ2v) is 8.35. The lowest BCUT2D eigenvalue weighted by atomic mass is 10.3. The molecule has 0 unspecified atom stereocenters. The molecule has 2 rings (SSSR count). The molecule has 0 spiro atoms. The van der Waals surface area contributed by atoms with E-state index in [2.05, 4.69) is 20.7 Å². The molecular formula is C11H9BrClNO2S2. The summed E-state index contributed by atoms with van der Waals surface area (Å²) in [6, 6.07) is 8.14. The Morgan fingerprint density at radius 2 is 1.89 bits per heavy atom. The predicted molar refractivity (Wildman–Crippen MR) is 79.0 cm³/mol. The highest BCUT2D eigenvalue weighted by Gasteiger charge is 2.18. The Hall–Kier alpha value is -0.560. The first-order chi connectivity index (χ1) is 8.38. The minimum absolute atomic E-state index is 0.279. The van der Waals surface area contributed by atoms with Crippen LogP contribution >= 0.6 is 38.9 Å². The van der Waals surface area contributed by atoms with Crippen LogP contribution in [0.4, 0.5) is 5.69 Å². The van der Waals surface area contributed by atoms with Gasteiger partial charge in [-0.05, 0) is 58.7 Å². The Balaban J connectivity index is 2.29. The number of halogens is 2. The smallest absolute Gasteiger partial charge is 0.271 e. The zero-order valence-corrected chi connectivity index (χ0v) is 13.3. The van der Waals surface area contributed by atoms with Crippen LogP contribution in [0.15, 0.2) is 38.3 Å². The number of benzene rings is 1. The monoisotopic (exact) mass is 365 g/mol. The van der Waals surface area contributed by atoms with Gasteiger partial charge in [-0.25, -0.2) is 8.42 Å². The minimum atomic E-state index is -3.53. The fourth-order valence-corrected chi connectivity index (χ4v) is 4.70. The molecule has 0 aliphatic carbocycles. The molecule has 0 amide bonds. The second kappa shape index (κ2) is 5.21. The van der Waals surface area contributed by atoms with Crippen molar-refractivity contribution in [2.24, 2.45) is 0 Å². The normalized spacial score (nSPS) is 11.5. The third-order valence-corrected chi connectivity index (χ3v) is 6.44. The van der Waals surface area contributed by atoms with Gasteiger partial charge in [0.05, 0.1) is 3.79 Å². The van der Waals surface area contributed by atoms with Gasteiger partial charge in [-0.15, -0.1) is 11.3 Å². The molecule has 2 aromatic rings. The first-order valence-corrected chi connectivity index (χ1v) is 8.40. The zero-order chi connectivity index (χ0) is 13.3. The van der Waals surface area contributed by atoms with Crippen LogP contribution in [0.25, 0.3) is 0 Å². The molecule has 18 heavy (non-hydrogen) atoms. The van der Waals surface area contributed by atoms with Crippen molar-refractivity contribution in [3.63, 3.8) is 0 Å². The molecular weight excluding hydrogens is 358 g/mol. The van der Waals surface area contributed by atoms with E-state index in [4.69, 9.17) is 11.6 Å². The molecule has 96 valence electrons. The van der Waals surface area contributed by atoms with E-state index in [-0.39, 0.29) is 4.21 Å². The van der Waals surface area contributed by atoms with Crippen molar-refractivity contribution >= 4 is 54.6 Å². The molecule has 1 aromatic heterocycles. The highest BCUT2D eigenvalue weighted by molar-refractivity contribution is 9.11. The van der Waals surface area contributed by atoms with Crippen LogP contribution in [0.2, 0.25) is 5.02 Å². The number of sulfonamides is 1. The van der Waals surface area contributed by atoms with Gasteiger partial charge in [0.1, 0.15) is 4.21 Å². The fourth-order valence-electron chi connectivity index (χ4n) is 1.29. The summed E-state index contributed by atoms with van der Waals surface area (Å²) >= 11 is 10.2. The van der Waals surface area contributed by atoms with Gasteiger partial charge in [0, 0.05) is 10.7 Å². The van der Waals surface area contributed by atoms with Crippen LogP contribution < -0.4 is 4.72 Å². The van der Waals surface area contributed by atoms with Crippen LogP contribution in [-0.4, -0.2) is 8.42 Å². The van der Waals surface area contributed by atoms with Crippen molar-refractivity contribution in [1.82, 2.24) is 0 Å². The van der Waals surface area contributed by atoms with Gasteiger partial charge in [-0.3, -0.25) is 4.72 Å². The number of nitrogens with one attached hydrogen (secondary N) is 1. The minimum Gasteiger partial charge on any atom is -0.279 e. The van der Waals surface area contributed by atoms with Gasteiger partial charge in [0.15, 0.2) is 0 Å². The van der Waals surface area contributed by atoms with E-state index in [0.29, 0.717) is 10.7 Å². The van der Waals surface area contributed by atoms with Crippen molar-refractivity contribution in [3.8, 4) is 0 Å². The number of aryl methyl sites for hydroxylation is 1. The summed E-state index contributed by atoms with van der Waals surface area (Å²) in [4.78, 5) is 0. The van der Waals surface area contributed by atoms with E-state index in [1.54, 1.807) is 30.3 Å². The summed E-state index contributed by atoms with van der Waals surface area (Å²) in [6.45, 7) is 1.85. The van der Waals surface area contributed by atoms with Gasteiger partial charge >= 0.3 is 0 Å². The average molecular weight is 367 g/mol. The maximum Gasteiger partial charge on any atom is 0.271 e. The highest BCUT2D eigenvalue weighted by atomic mass is 79.9. The Kier molecular flexibility index (Phi) is 4.01. The zero-order valence-electron chi connectivity index (χ0n) is 9.28. The lowest BCUT2D eigenvalue weighted by molar-refractivity contribution is 0.603. The molecule has 0 fully saturated rings. The van der Waals surface area contributed by atoms with Crippen molar-refractivity contribution in [3.05, 3.63) is 44.7 Å². The molecule has 3 nitrogen and oxygen atoms in total. The first kappa shape index (κ1) is 13.9. The number of hydrogen-bond donors (Lipinski definition) is 1. The Morgan fingerprint density at radius 3 is 2.39 bits per heavy atom. The standard InChI is InChI=1S/C11H9BrClNO2S2/c1-7-6-10(17-11(7)12)18(15,16)14-9-4-2-8(13)3-5-9/h2-6,14H,1H3. The molecule has 0 aliphatic rings. The first-order valence-electron chi connectivity index (χ1n) is 4.93. The summed E-state index contributed by atoms with van der Waals surface area (Å²) in [6.07, 6.45) is 0. The van der Waals surface area contributed by atoms with Crippen LogP contribution in [0.3, 0.4) is 0 Å². The van der Waals surface area contributed by atoms with E-state index < -0.39 is 10.0 Å². The Labute approximate surface area is 123 Å². The summed E-state index contributed by atoms with van der Waals surface area (Å²) in [5.74, 6) is 0. The Morgan fingerprint density at radius 1 is 1.28 bits per heavy atom. The van der Waals surface area contributed by atoms with Gasteiger partial charge < -0.3 is 0 Å². The van der Waals surface area contributed by atoms with E-state index in [1.807, 2.05) is 6.92 Å². The lowest BCUT2D eigenvalue weighted by Crippen LogP contribution is -2.11. The number of anilines is 1. The van der Waals surface area contributed by atoms with E-state index >= 15 is 0 Å². The topological polar surface area (TPSA) is 46.2 Å². The predicted octanol–water partition coefficient (Wildman–Crippen LogP) is 4.27. The lowest BCUT2D eigenvalue weighted by Gasteiger charge is -2.05. The summed E-state index contributed by atoms with van der Waals surface area (Å²) < 4.78 is 27.8. The van der Waals surface area contributed by atoms with E-state index in [9.17, 15) is 8.42 Å². The summed E-state index contributed by atoms with van der Waals surface area (Å²) in [7, 11) is -3.53. The third kappa shape index (κ3) is 3.06. The van der Waals surface area contributed by atoms with Crippen LogP contribution in [0, 0.1) is 6.92 Å². The van der Waals surface area contributed by atoms with E-state index in [1.165, 1.54) is 11.3 Å². The molecule has 0 saturated carbocycles.